The summed E-state index contributed by atoms with van der Waals surface area (Å²) >= 11 is 0. The second kappa shape index (κ2) is 6.16. The third-order valence-electron chi connectivity index (χ3n) is 5.66. The van der Waals surface area contributed by atoms with Gasteiger partial charge in [0.05, 0.1) is 6.54 Å². The fourth-order valence-electron chi connectivity index (χ4n) is 3.94. The van der Waals surface area contributed by atoms with Crippen LogP contribution in [0.2, 0.25) is 0 Å². The molecule has 24 heavy (non-hydrogen) atoms. The van der Waals surface area contributed by atoms with Crippen molar-refractivity contribution in [2.24, 2.45) is 12.5 Å². The van der Waals surface area contributed by atoms with E-state index < -0.39 is 12.0 Å². The van der Waals surface area contributed by atoms with Crippen LogP contribution in [0, 0.1) is 12.3 Å². The quantitative estimate of drug-likeness (QED) is 0.860. The molecule has 132 valence electrons. The van der Waals surface area contributed by atoms with Gasteiger partial charge in [0, 0.05) is 20.5 Å². The van der Waals surface area contributed by atoms with Gasteiger partial charge >= 0.3 is 5.97 Å². The summed E-state index contributed by atoms with van der Waals surface area (Å²) in [6.07, 6.45) is 2.40. The van der Waals surface area contributed by atoms with E-state index in [0.29, 0.717) is 13.0 Å². The molecule has 0 saturated carbocycles. The molecule has 2 aliphatic rings. The molecule has 1 N–H and O–H groups in total. The van der Waals surface area contributed by atoms with Crippen molar-refractivity contribution < 1.29 is 14.7 Å². The number of rotatable bonds is 3. The lowest BCUT2D eigenvalue weighted by Gasteiger charge is -2.38. The number of carboxylic acids is 1. The lowest BCUT2D eigenvalue weighted by Crippen LogP contribution is -2.42. The van der Waals surface area contributed by atoms with Crippen molar-refractivity contribution in [1.29, 1.82) is 0 Å². The summed E-state index contributed by atoms with van der Waals surface area (Å²) in [7, 11) is 1.97. The molecule has 8 nitrogen and oxygen atoms in total. The first-order chi connectivity index (χ1) is 11.3. The number of carbonyl (C=O) groups excluding carboxylic acids is 1. The Morgan fingerprint density at radius 1 is 1.29 bits per heavy atom. The van der Waals surface area contributed by atoms with Gasteiger partial charge in [-0.3, -0.25) is 9.69 Å². The van der Waals surface area contributed by atoms with Crippen LogP contribution < -0.4 is 0 Å². The lowest BCUT2D eigenvalue weighted by molar-refractivity contribution is -0.147. The second-order valence-corrected chi connectivity index (χ2v) is 7.20. The predicted molar refractivity (Wildman–Crippen MR) is 86.1 cm³/mol. The maximum Gasteiger partial charge on any atom is 0.326 e. The van der Waals surface area contributed by atoms with Crippen LogP contribution in [-0.2, 0) is 23.2 Å². The number of piperidine rings is 1. The highest BCUT2D eigenvalue weighted by molar-refractivity contribution is 5.83. The highest BCUT2D eigenvalue weighted by atomic mass is 16.4. The van der Waals surface area contributed by atoms with E-state index in [-0.39, 0.29) is 11.3 Å². The number of aromatic nitrogens is 3. The van der Waals surface area contributed by atoms with E-state index in [9.17, 15) is 14.7 Å². The van der Waals surface area contributed by atoms with E-state index in [0.717, 1.165) is 44.1 Å². The van der Waals surface area contributed by atoms with Gasteiger partial charge in [-0.1, -0.05) is 0 Å². The largest absolute Gasteiger partial charge is 0.480 e. The van der Waals surface area contributed by atoms with Crippen LogP contribution in [0.1, 0.15) is 37.8 Å². The molecule has 0 unspecified atom stereocenters. The van der Waals surface area contributed by atoms with Crippen LogP contribution >= 0.6 is 0 Å². The highest BCUT2D eigenvalue weighted by Crippen LogP contribution is 2.43. The summed E-state index contributed by atoms with van der Waals surface area (Å²) in [4.78, 5) is 27.1. The second-order valence-electron chi connectivity index (χ2n) is 7.20. The summed E-state index contributed by atoms with van der Waals surface area (Å²) in [5.41, 5.74) is -0.0545. The molecule has 0 aliphatic carbocycles. The molecule has 0 aromatic carbocycles. The van der Waals surface area contributed by atoms with Crippen LogP contribution in [0.15, 0.2) is 0 Å². The van der Waals surface area contributed by atoms with Crippen LogP contribution in [0.4, 0.5) is 0 Å². The predicted octanol–water partition coefficient (Wildman–Crippen LogP) is 0.411. The Bertz CT molecular complexity index is 624. The maximum atomic E-state index is 11.8. The molecule has 1 aromatic heterocycles. The number of aryl methyl sites for hydroxylation is 1. The Morgan fingerprint density at radius 3 is 2.42 bits per heavy atom. The minimum atomic E-state index is -0.890. The molecular formula is C16H25N5O3. The van der Waals surface area contributed by atoms with E-state index in [1.54, 1.807) is 0 Å². The highest BCUT2D eigenvalue weighted by Gasteiger charge is 2.49. The topological polar surface area (TPSA) is 91.6 Å². The minimum absolute atomic E-state index is 0.0545. The van der Waals surface area contributed by atoms with E-state index in [4.69, 9.17) is 0 Å². The Morgan fingerprint density at radius 2 is 1.96 bits per heavy atom. The smallest absolute Gasteiger partial charge is 0.326 e. The number of likely N-dealkylation sites (tertiary alicyclic amines) is 2. The zero-order valence-electron chi connectivity index (χ0n) is 14.5. The molecule has 0 bridgehead atoms. The van der Waals surface area contributed by atoms with Crippen molar-refractivity contribution in [2.45, 2.75) is 45.7 Å². The summed E-state index contributed by atoms with van der Waals surface area (Å²) in [6, 6.07) is -0.671. The molecule has 1 aromatic rings. The van der Waals surface area contributed by atoms with Crippen LogP contribution in [0.3, 0.4) is 0 Å². The standard InChI is InChI=1S/C16H25N5O3/c1-11-17-18-14(19(11)3)9-20-6-4-16(5-7-20)8-13(15(23)24)21(10-16)12(2)22/h13H,4-10H2,1-3H3,(H,23,24)/t13-/m0/s1. The van der Waals surface area contributed by atoms with Crippen LogP contribution in [-0.4, -0.2) is 67.2 Å². The Balaban J connectivity index is 1.63. The van der Waals surface area contributed by atoms with Crippen molar-refractivity contribution in [3.63, 3.8) is 0 Å². The van der Waals surface area contributed by atoms with Gasteiger partial charge < -0.3 is 14.6 Å². The molecule has 0 radical (unpaired) electrons. The van der Waals surface area contributed by atoms with Gasteiger partial charge in [-0.2, -0.15) is 0 Å². The van der Waals surface area contributed by atoms with Gasteiger partial charge in [0.25, 0.3) is 0 Å². The Hall–Kier alpha value is -1.96. The van der Waals surface area contributed by atoms with Gasteiger partial charge in [0.15, 0.2) is 0 Å². The third kappa shape index (κ3) is 3.02. The summed E-state index contributed by atoms with van der Waals surface area (Å²) in [6.45, 7) is 6.50. The number of nitrogens with zero attached hydrogens (tertiary/aromatic N) is 5. The number of carboxylic acid groups (broad SMARTS) is 1. The number of hydrogen-bond acceptors (Lipinski definition) is 5. The SMILES string of the molecule is CC(=O)N1CC2(CCN(Cc3nnc(C)n3C)CC2)C[C@H]1C(=O)O. The minimum Gasteiger partial charge on any atom is -0.480 e. The van der Waals surface area contributed by atoms with Crippen LogP contribution in [0.25, 0.3) is 0 Å². The first kappa shape index (κ1) is 16.9. The fraction of sp³-hybridized carbons (Fsp3) is 0.750. The van der Waals surface area contributed by atoms with Gasteiger partial charge in [-0.15, -0.1) is 10.2 Å². The van der Waals surface area contributed by atoms with Gasteiger partial charge in [0.1, 0.15) is 17.7 Å². The average Bonchev–Trinajstić information content (AvgIpc) is 3.06. The molecule has 2 saturated heterocycles. The van der Waals surface area contributed by atoms with E-state index >= 15 is 0 Å². The number of amides is 1. The molecular weight excluding hydrogens is 310 g/mol. The molecule has 1 atom stereocenters. The van der Waals surface area contributed by atoms with Gasteiger partial charge in [-0.05, 0) is 44.7 Å². The van der Waals surface area contributed by atoms with Crippen molar-refractivity contribution in [1.82, 2.24) is 24.6 Å². The third-order valence-corrected chi connectivity index (χ3v) is 5.66. The Kier molecular flexibility index (Phi) is 4.33. The van der Waals surface area contributed by atoms with Gasteiger partial charge in [-0.25, -0.2) is 4.79 Å². The fourth-order valence-corrected chi connectivity index (χ4v) is 3.94. The normalized spacial score (nSPS) is 23.8. The molecule has 2 fully saturated rings. The zero-order valence-corrected chi connectivity index (χ0v) is 14.5. The number of aliphatic carboxylic acids is 1. The first-order valence-corrected chi connectivity index (χ1v) is 8.38. The van der Waals surface area contributed by atoms with E-state index in [1.807, 2.05) is 18.5 Å². The molecule has 3 heterocycles. The van der Waals surface area contributed by atoms with Crippen LogP contribution in [0.5, 0.6) is 0 Å². The molecule has 1 amide bonds. The number of carbonyl (C=O) groups is 2. The van der Waals surface area contributed by atoms with Gasteiger partial charge in [0.2, 0.25) is 5.91 Å². The molecule has 8 heteroatoms. The molecule has 3 rings (SSSR count). The average molecular weight is 335 g/mol. The first-order valence-electron chi connectivity index (χ1n) is 8.38. The molecule has 2 aliphatic heterocycles. The summed E-state index contributed by atoms with van der Waals surface area (Å²) in [5, 5.41) is 17.7. The van der Waals surface area contributed by atoms with Crippen molar-refractivity contribution in [3.8, 4) is 0 Å². The monoisotopic (exact) mass is 335 g/mol. The number of hydrogen-bond donors (Lipinski definition) is 1. The summed E-state index contributed by atoms with van der Waals surface area (Å²) in [5.74, 6) is 0.814. The maximum absolute atomic E-state index is 11.8. The van der Waals surface area contributed by atoms with Crippen molar-refractivity contribution in [2.75, 3.05) is 19.6 Å². The Labute approximate surface area is 141 Å². The van der Waals surface area contributed by atoms with Crippen molar-refractivity contribution in [3.05, 3.63) is 11.6 Å². The summed E-state index contributed by atoms with van der Waals surface area (Å²) < 4.78 is 2.00. The van der Waals surface area contributed by atoms with E-state index in [1.165, 1.54) is 11.8 Å². The molecule has 1 spiro atoms. The lowest BCUT2D eigenvalue weighted by atomic mass is 9.76. The van der Waals surface area contributed by atoms with E-state index in [2.05, 4.69) is 15.1 Å². The van der Waals surface area contributed by atoms with Crippen molar-refractivity contribution >= 4 is 11.9 Å². The zero-order chi connectivity index (χ0) is 17.5.